The number of esters is 3. The number of halogens is 2. The normalized spacial score (nSPS) is 10.9. The van der Waals surface area contributed by atoms with E-state index in [0.717, 1.165) is 0 Å². The van der Waals surface area contributed by atoms with Crippen LogP contribution in [0.4, 0.5) is 11.4 Å². The summed E-state index contributed by atoms with van der Waals surface area (Å²) >= 11 is 12.4. The molecule has 31 heavy (non-hydrogen) atoms. The summed E-state index contributed by atoms with van der Waals surface area (Å²) < 4.78 is 14.7. The highest BCUT2D eigenvalue weighted by molar-refractivity contribution is 6.39. The molecule has 0 aromatic heterocycles. The first-order valence-electron chi connectivity index (χ1n) is 9.37. The lowest BCUT2D eigenvalue weighted by Crippen LogP contribution is -2.28. The van der Waals surface area contributed by atoms with Crippen molar-refractivity contribution in [3.63, 3.8) is 0 Å². The topological polar surface area (TPSA) is 90.9 Å². The van der Waals surface area contributed by atoms with Crippen molar-refractivity contribution in [2.45, 2.75) is 32.8 Å². The number of hydrogen-bond acceptors (Lipinski definition) is 7. The van der Waals surface area contributed by atoms with E-state index in [1.165, 1.54) is 0 Å². The van der Waals surface area contributed by atoms with Crippen LogP contribution in [0, 0.1) is 0 Å². The van der Waals surface area contributed by atoms with Gasteiger partial charge in [-0.05, 0) is 44.5 Å². The SMILES string of the molecule is CC(C)(C)OC(=O)COC(=O)COC(=O)Cc1ccccc1Nc1c(Cl)cccc1Cl. The van der Waals surface area contributed by atoms with Crippen molar-refractivity contribution in [1.29, 1.82) is 0 Å². The van der Waals surface area contributed by atoms with Crippen LogP contribution in [-0.2, 0) is 35.0 Å². The molecule has 0 saturated carbocycles. The van der Waals surface area contributed by atoms with E-state index in [1.807, 2.05) is 0 Å². The van der Waals surface area contributed by atoms with Crippen molar-refractivity contribution >= 4 is 52.5 Å². The van der Waals surface area contributed by atoms with Crippen molar-refractivity contribution in [2.75, 3.05) is 18.5 Å². The molecule has 9 heteroatoms. The minimum absolute atomic E-state index is 0.107. The van der Waals surface area contributed by atoms with Gasteiger partial charge in [-0.15, -0.1) is 0 Å². The molecule has 2 aromatic carbocycles. The third-order valence-electron chi connectivity index (χ3n) is 3.70. The van der Waals surface area contributed by atoms with Gasteiger partial charge in [-0.2, -0.15) is 0 Å². The van der Waals surface area contributed by atoms with E-state index in [2.05, 4.69) is 5.32 Å². The summed E-state index contributed by atoms with van der Waals surface area (Å²) in [6, 6.07) is 12.1. The Hall–Kier alpha value is -2.77. The quantitative estimate of drug-likeness (QED) is 0.443. The van der Waals surface area contributed by atoms with Gasteiger partial charge in [0.05, 0.1) is 22.2 Å². The molecule has 0 spiro atoms. The highest BCUT2D eigenvalue weighted by Crippen LogP contribution is 2.33. The molecule has 0 unspecified atom stereocenters. The highest BCUT2D eigenvalue weighted by atomic mass is 35.5. The minimum atomic E-state index is -0.853. The highest BCUT2D eigenvalue weighted by Gasteiger charge is 2.18. The molecule has 2 rings (SSSR count). The molecule has 2 aromatic rings. The summed E-state index contributed by atoms with van der Waals surface area (Å²) in [6.45, 7) is 3.91. The van der Waals surface area contributed by atoms with Crippen molar-refractivity contribution in [3.05, 3.63) is 58.1 Å². The maximum atomic E-state index is 12.2. The molecular formula is C22H23Cl2NO6. The smallest absolute Gasteiger partial charge is 0.344 e. The summed E-state index contributed by atoms with van der Waals surface area (Å²) in [5.41, 5.74) is 1.05. The molecular weight excluding hydrogens is 445 g/mol. The predicted octanol–water partition coefficient (Wildman–Crippen LogP) is 4.71. The average Bonchev–Trinajstić information content (AvgIpc) is 2.67. The van der Waals surface area contributed by atoms with E-state index in [1.54, 1.807) is 63.2 Å². The van der Waals surface area contributed by atoms with Crippen LogP contribution < -0.4 is 5.32 Å². The summed E-state index contributed by atoms with van der Waals surface area (Å²) in [5.74, 6) is -2.19. The fourth-order valence-electron chi connectivity index (χ4n) is 2.45. The van der Waals surface area contributed by atoms with E-state index in [-0.39, 0.29) is 6.42 Å². The first kappa shape index (κ1) is 24.5. The Kier molecular flexibility index (Phi) is 8.71. The number of para-hydroxylation sites is 2. The molecule has 0 amide bonds. The molecule has 0 aliphatic carbocycles. The molecule has 0 aliphatic heterocycles. The van der Waals surface area contributed by atoms with E-state index in [9.17, 15) is 14.4 Å². The van der Waals surface area contributed by atoms with Crippen LogP contribution in [-0.4, -0.2) is 36.7 Å². The zero-order valence-corrected chi connectivity index (χ0v) is 18.9. The Bertz CT molecular complexity index is 935. The first-order valence-corrected chi connectivity index (χ1v) is 10.1. The van der Waals surface area contributed by atoms with Crippen LogP contribution in [0.25, 0.3) is 0 Å². The van der Waals surface area contributed by atoms with Gasteiger partial charge >= 0.3 is 17.9 Å². The molecule has 0 fully saturated rings. The molecule has 1 N–H and O–H groups in total. The number of hydrogen-bond donors (Lipinski definition) is 1. The van der Waals surface area contributed by atoms with E-state index in [0.29, 0.717) is 27.0 Å². The molecule has 0 aliphatic rings. The Balaban J connectivity index is 1.89. The van der Waals surface area contributed by atoms with Gasteiger partial charge in [-0.25, -0.2) is 9.59 Å². The fraction of sp³-hybridized carbons (Fsp3) is 0.318. The van der Waals surface area contributed by atoms with Gasteiger partial charge in [0, 0.05) is 5.69 Å². The second kappa shape index (κ2) is 11.0. The van der Waals surface area contributed by atoms with Crippen molar-refractivity contribution < 1.29 is 28.6 Å². The van der Waals surface area contributed by atoms with E-state index in [4.69, 9.17) is 37.4 Å². The van der Waals surface area contributed by atoms with Crippen LogP contribution in [0.5, 0.6) is 0 Å². The maximum Gasteiger partial charge on any atom is 0.344 e. The lowest BCUT2D eigenvalue weighted by Gasteiger charge is -2.19. The van der Waals surface area contributed by atoms with Gasteiger partial charge in [0.1, 0.15) is 5.60 Å². The predicted molar refractivity (Wildman–Crippen MR) is 118 cm³/mol. The maximum absolute atomic E-state index is 12.2. The molecule has 7 nitrogen and oxygen atoms in total. The third-order valence-corrected chi connectivity index (χ3v) is 4.33. The summed E-state index contributed by atoms with van der Waals surface area (Å²) in [6.07, 6.45) is -0.107. The number of carbonyl (C=O) groups is 3. The third kappa shape index (κ3) is 8.47. The van der Waals surface area contributed by atoms with Crippen LogP contribution >= 0.6 is 23.2 Å². The summed E-state index contributed by atoms with van der Waals surface area (Å²) in [7, 11) is 0. The number of anilines is 2. The van der Waals surface area contributed by atoms with E-state index < -0.39 is 36.7 Å². The molecule has 0 atom stereocenters. The molecule has 0 radical (unpaired) electrons. The fourth-order valence-corrected chi connectivity index (χ4v) is 2.94. The van der Waals surface area contributed by atoms with Gasteiger partial charge in [0.15, 0.2) is 13.2 Å². The Morgan fingerprint density at radius 1 is 0.839 bits per heavy atom. The zero-order chi connectivity index (χ0) is 23.0. The molecule has 166 valence electrons. The zero-order valence-electron chi connectivity index (χ0n) is 17.4. The Morgan fingerprint density at radius 2 is 1.42 bits per heavy atom. The van der Waals surface area contributed by atoms with Gasteiger partial charge in [-0.1, -0.05) is 47.5 Å². The van der Waals surface area contributed by atoms with Crippen molar-refractivity contribution in [2.24, 2.45) is 0 Å². The summed E-state index contributed by atoms with van der Waals surface area (Å²) in [4.78, 5) is 35.4. The largest absolute Gasteiger partial charge is 0.457 e. The number of carbonyl (C=O) groups excluding carboxylic acids is 3. The number of nitrogens with one attached hydrogen (secondary N) is 1. The standard InChI is InChI=1S/C22H23Cl2NO6/c1-22(2,3)31-20(28)13-30-19(27)12-29-18(26)11-14-7-4-5-10-17(14)25-21-15(23)8-6-9-16(21)24/h4-10,25H,11-13H2,1-3H3. The van der Waals surface area contributed by atoms with Crippen LogP contribution in [0.2, 0.25) is 10.0 Å². The van der Waals surface area contributed by atoms with Gasteiger partial charge in [-0.3, -0.25) is 4.79 Å². The van der Waals surface area contributed by atoms with Gasteiger partial charge < -0.3 is 19.5 Å². The first-order chi connectivity index (χ1) is 14.5. The number of rotatable bonds is 8. The van der Waals surface area contributed by atoms with Crippen LogP contribution in [0.1, 0.15) is 26.3 Å². The van der Waals surface area contributed by atoms with E-state index >= 15 is 0 Å². The van der Waals surface area contributed by atoms with Crippen LogP contribution in [0.15, 0.2) is 42.5 Å². The lowest BCUT2D eigenvalue weighted by atomic mass is 10.1. The second-order valence-corrected chi connectivity index (χ2v) is 8.28. The monoisotopic (exact) mass is 467 g/mol. The van der Waals surface area contributed by atoms with Gasteiger partial charge in [0.25, 0.3) is 0 Å². The number of benzene rings is 2. The van der Waals surface area contributed by atoms with Crippen molar-refractivity contribution in [3.8, 4) is 0 Å². The van der Waals surface area contributed by atoms with Crippen LogP contribution in [0.3, 0.4) is 0 Å². The lowest BCUT2D eigenvalue weighted by molar-refractivity contribution is -0.169. The Labute approximate surface area is 190 Å². The number of ether oxygens (including phenoxy) is 3. The molecule has 0 saturated heterocycles. The molecule has 0 heterocycles. The van der Waals surface area contributed by atoms with Gasteiger partial charge in [0.2, 0.25) is 0 Å². The minimum Gasteiger partial charge on any atom is -0.457 e. The second-order valence-electron chi connectivity index (χ2n) is 7.46. The summed E-state index contributed by atoms with van der Waals surface area (Å²) in [5, 5.41) is 3.97. The van der Waals surface area contributed by atoms with Crippen molar-refractivity contribution in [1.82, 2.24) is 0 Å². The Morgan fingerprint density at radius 3 is 2.06 bits per heavy atom. The average molecular weight is 468 g/mol. The molecule has 0 bridgehead atoms.